The summed E-state index contributed by atoms with van der Waals surface area (Å²) >= 11 is 9.28. The summed E-state index contributed by atoms with van der Waals surface area (Å²) in [6, 6.07) is 24.0. The number of halogens is 1. The molecule has 0 aliphatic carbocycles. The van der Waals surface area contributed by atoms with Crippen molar-refractivity contribution in [1.82, 2.24) is 14.9 Å². The molecule has 9 heteroatoms. The van der Waals surface area contributed by atoms with Gasteiger partial charge in [0, 0.05) is 46.1 Å². The van der Waals surface area contributed by atoms with Gasteiger partial charge >= 0.3 is 0 Å². The SMILES string of the molecule is O=[N+]([O-])c1ccc(-n2cccc2[C@H]2[C@@H](c3ccccn3)NC(=S)N2c2ccc(Br)cc2)cc1. The van der Waals surface area contributed by atoms with Gasteiger partial charge in [0.2, 0.25) is 0 Å². The Kier molecular flexibility index (Phi) is 5.65. The van der Waals surface area contributed by atoms with Crippen LogP contribution in [0.1, 0.15) is 23.5 Å². The van der Waals surface area contributed by atoms with Gasteiger partial charge in [0.05, 0.1) is 16.7 Å². The second-order valence-electron chi connectivity index (χ2n) is 7.55. The van der Waals surface area contributed by atoms with Crippen molar-refractivity contribution in [3.63, 3.8) is 0 Å². The van der Waals surface area contributed by atoms with E-state index in [4.69, 9.17) is 12.2 Å². The van der Waals surface area contributed by atoms with Gasteiger partial charge in [0.1, 0.15) is 6.04 Å². The van der Waals surface area contributed by atoms with Crippen LogP contribution in [0.5, 0.6) is 0 Å². The van der Waals surface area contributed by atoms with E-state index < -0.39 is 4.92 Å². The average molecular weight is 520 g/mol. The van der Waals surface area contributed by atoms with Crippen LogP contribution in [0, 0.1) is 10.1 Å². The number of non-ortho nitro benzene ring substituents is 1. The summed E-state index contributed by atoms with van der Waals surface area (Å²) in [5.74, 6) is 0. The van der Waals surface area contributed by atoms with Gasteiger partial charge in [0.25, 0.3) is 5.69 Å². The number of thiocarbonyl (C=S) groups is 1. The summed E-state index contributed by atoms with van der Waals surface area (Å²) in [5, 5.41) is 15.2. The monoisotopic (exact) mass is 519 g/mol. The number of rotatable bonds is 5. The van der Waals surface area contributed by atoms with E-state index in [1.165, 1.54) is 12.1 Å². The number of aromatic nitrogens is 2. The highest BCUT2D eigenvalue weighted by Crippen LogP contribution is 2.42. The summed E-state index contributed by atoms with van der Waals surface area (Å²) in [4.78, 5) is 17.4. The molecule has 1 aliphatic rings. The van der Waals surface area contributed by atoms with Gasteiger partial charge in [-0.1, -0.05) is 22.0 Å². The van der Waals surface area contributed by atoms with Crippen LogP contribution < -0.4 is 10.2 Å². The molecular formula is C24H18BrN5O2S. The maximum atomic E-state index is 11.1. The maximum absolute atomic E-state index is 11.1. The first-order valence-electron chi connectivity index (χ1n) is 10.2. The Hall–Kier alpha value is -3.56. The number of hydrogen-bond acceptors (Lipinski definition) is 4. The zero-order valence-electron chi connectivity index (χ0n) is 17.2. The van der Waals surface area contributed by atoms with E-state index in [0.717, 1.165) is 27.2 Å². The van der Waals surface area contributed by atoms with E-state index in [2.05, 4.69) is 31.1 Å². The van der Waals surface area contributed by atoms with E-state index in [9.17, 15) is 10.1 Å². The quantitative estimate of drug-likeness (QED) is 0.206. The fourth-order valence-corrected chi connectivity index (χ4v) is 4.75. The molecule has 164 valence electrons. The lowest BCUT2D eigenvalue weighted by molar-refractivity contribution is -0.384. The molecule has 0 saturated carbocycles. The Bertz CT molecular complexity index is 1310. The molecule has 5 rings (SSSR count). The molecule has 3 heterocycles. The molecule has 0 bridgehead atoms. The normalized spacial score (nSPS) is 17.7. The van der Waals surface area contributed by atoms with Crippen LogP contribution in [0.15, 0.2) is 95.7 Å². The Labute approximate surface area is 204 Å². The number of benzene rings is 2. The highest BCUT2D eigenvalue weighted by Gasteiger charge is 2.42. The van der Waals surface area contributed by atoms with E-state index >= 15 is 0 Å². The Balaban J connectivity index is 1.63. The summed E-state index contributed by atoms with van der Waals surface area (Å²) < 4.78 is 3.02. The number of pyridine rings is 1. The van der Waals surface area contributed by atoms with Crippen molar-refractivity contribution in [3.8, 4) is 5.69 Å². The van der Waals surface area contributed by atoms with Gasteiger partial charge in [-0.05, 0) is 72.9 Å². The largest absolute Gasteiger partial charge is 0.351 e. The first-order valence-corrected chi connectivity index (χ1v) is 11.4. The van der Waals surface area contributed by atoms with Crippen molar-refractivity contribution < 1.29 is 4.92 Å². The number of nitrogens with zero attached hydrogens (tertiary/aromatic N) is 4. The zero-order valence-corrected chi connectivity index (χ0v) is 19.6. The van der Waals surface area contributed by atoms with Crippen LogP contribution in [0.2, 0.25) is 0 Å². The fourth-order valence-electron chi connectivity index (χ4n) is 4.14. The summed E-state index contributed by atoms with van der Waals surface area (Å²) in [6.07, 6.45) is 3.72. The molecule has 2 atom stereocenters. The standard InChI is InChI=1S/C24H18BrN5O2S/c25-16-6-8-18(9-7-16)29-23(22(27-24(29)33)20-4-1-2-14-26-20)21-5-3-15-28(21)17-10-12-19(13-11-17)30(31)32/h1-15,22-23H,(H,27,33)/t22-,23+/m1/s1. The van der Waals surface area contributed by atoms with Crippen LogP contribution in [0.25, 0.3) is 5.69 Å². The van der Waals surface area contributed by atoms with Gasteiger partial charge in [-0.3, -0.25) is 15.1 Å². The minimum atomic E-state index is -0.397. The fraction of sp³-hybridized carbons (Fsp3) is 0.0833. The Morgan fingerprint density at radius 2 is 1.70 bits per heavy atom. The summed E-state index contributed by atoms with van der Waals surface area (Å²) in [7, 11) is 0. The molecule has 2 aromatic heterocycles. The van der Waals surface area contributed by atoms with Crippen molar-refractivity contribution in [2.24, 2.45) is 0 Å². The minimum absolute atomic E-state index is 0.0546. The Morgan fingerprint density at radius 3 is 2.36 bits per heavy atom. The lowest BCUT2D eigenvalue weighted by Gasteiger charge is -2.29. The molecule has 0 spiro atoms. The highest BCUT2D eigenvalue weighted by molar-refractivity contribution is 9.10. The van der Waals surface area contributed by atoms with Crippen LogP contribution in [0.4, 0.5) is 11.4 Å². The van der Waals surface area contributed by atoms with E-state index in [1.54, 1.807) is 18.3 Å². The number of nitro groups is 1. The third-order valence-corrected chi connectivity index (χ3v) is 6.47. The number of nitro benzene ring substituents is 1. The molecule has 0 radical (unpaired) electrons. The summed E-state index contributed by atoms with van der Waals surface area (Å²) in [6.45, 7) is 0. The maximum Gasteiger partial charge on any atom is 0.269 e. The van der Waals surface area contributed by atoms with Gasteiger partial charge in [-0.15, -0.1) is 0 Å². The molecule has 0 amide bonds. The lowest BCUT2D eigenvalue weighted by Crippen LogP contribution is -2.30. The van der Waals surface area contributed by atoms with E-state index in [1.807, 2.05) is 65.4 Å². The van der Waals surface area contributed by atoms with Gasteiger partial charge in [-0.2, -0.15) is 0 Å². The second kappa shape index (κ2) is 8.76. The third kappa shape index (κ3) is 4.01. The molecule has 7 nitrogen and oxygen atoms in total. The molecule has 1 aliphatic heterocycles. The molecule has 1 N–H and O–H groups in total. The van der Waals surface area contributed by atoms with Crippen LogP contribution in [-0.4, -0.2) is 19.6 Å². The van der Waals surface area contributed by atoms with Crippen molar-refractivity contribution in [1.29, 1.82) is 0 Å². The van der Waals surface area contributed by atoms with Crippen molar-refractivity contribution in [2.75, 3.05) is 4.90 Å². The van der Waals surface area contributed by atoms with E-state index in [-0.39, 0.29) is 17.8 Å². The number of hydrogen-bond donors (Lipinski definition) is 1. The second-order valence-corrected chi connectivity index (χ2v) is 8.85. The van der Waals surface area contributed by atoms with Gasteiger partial charge < -0.3 is 14.8 Å². The topological polar surface area (TPSA) is 76.2 Å². The zero-order chi connectivity index (χ0) is 22.9. The first-order chi connectivity index (χ1) is 16.0. The van der Waals surface area contributed by atoms with Crippen molar-refractivity contribution in [3.05, 3.63) is 117 Å². The Morgan fingerprint density at radius 1 is 0.970 bits per heavy atom. The van der Waals surface area contributed by atoms with Crippen molar-refractivity contribution >= 4 is 44.6 Å². The number of nitrogens with one attached hydrogen (secondary N) is 1. The molecular weight excluding hydrogens is 502 g/mol. The molecule has 33 heavy (non-hydrogen) atoms. The average Bonchev–Trinajstić information content (AvgIpc) is 3.44. The molecule has 2 aromatic carbocycles. The molecule has 4 aromatic rings. The van der Waals surface area contributed by atoms with E-state index in [0.29, 0.717) is 5.11 Å². The van der Waals surface area contributed by atoms with Gasteiger partial charge in [-0.25, -0.2) is 0 Å². The van der Waals surface area contributed by atoms with Crippen LogP contribution >= 0.6 is 28.1 Å². The minimum Gasteiger partial charge on any atom is -0.351 e. The lowest BCUT2D eigenvalue weighted by atomic mass is 10.0. The first kappa shape index (κ1) is 21.3. The van der Waals surface area contributed by atoms with Crippen LogP contribution in [-0.2, 0) is 0 Å². The number of anilines is 1. The van der Waals surface area contributed by atoms with Gasteiger partial charge in [0.15, 0.2) is 5.11 Å². The highest BCUT2D eigenvalue weighted by atomic mass is 79.9. The smallest absolute Gasteiger partial charge is 0.269 e. The molecule has 0 unspecified atom stereocenters. The van der Waals surface area contributed by atoms with Crippen molar-refractivity contribution in [2.45, 2.75) is 12.1 Å². The predicted molar refractivity (Wildman–Crippen MR) is 134 cm³/mol. The van der Waals surface area contributed by atoms with Crippen LogP contribution in [0.3, 0.4) is 0 Å². The summed E-state index contributed by atoms with van der Waals surface area (Å²) in [5.41, 5.74) is 3.69. The third-order valence-electron chi connectivity index (χ3n) is 5.62. The molecule has 1 saturated heterocycles. The molecule has 1 fully saturated rings. The predicted octanol–water partition coefficient (Wildman–Crippen LogP) is 5.72.